The maximum Gasteiger partial charge on any atom is 0.389 e. The van der Waals surface area contributed by atoms with Crippen LogP contribution in [-0.4, -0.2) is 32.1 Å². The fourth-order valence-electron chi connectivity index (χ4n) is 4.00. The average molecular weight is 423 g/mol. The van der Waals surface area contributed by atoms with E-state index >= 15 is 0 Å². The van der Waals surface area contributed by atoms with Crippen LogP contribution in [0.5, 0.6) is 0 Å². The number of unbranched alkanes of at least 4 members (excludes halogenated alkanes) is 13. The van der Waals surface area contributed by atoms with Gasteiger partial charge in [-0.25, -0.2) is 0 Å². The first kappa shape index (κ1) is 26.7. The number of halogens is 3. The molecule has 0 spiro atoms. The van der Waals surface area contributed by atoms with Crippen molar-refractivity contribution in [3.8, 4) is 0 Å². The van der Waals surface area contributed by atoms with Crippen LogP contribution in [0.1, 0.15) is 122 Å². The molecule has 5 heteroatoms. The highest BCUT2D eigenvalue weighted by molar-refractivity contribution is 4.63. The van der Waals surface area contributed by atoms with Crippen LogP contribution in [0.4, 0.5) is 13.2 Å². The second-order valence-corrected chi connectivity index (χ2v) is 8.70. The summed E-state index contributed by atoms with van der Waals surface area (Å²) >= 11 is 0. The van der Waals surface area contributed by atoms with Gasteiger partial charge in [-0.05, 0) is 38.5 Å². The minimum atomic E-state index is -3.97. The van der Waals surface area contributed by atoms with Crippen LogP contribution in [0, 0.1) is 0 Å². The van der Waals surface area contributed by atoms with E-state index in [2.05, 4.69) is 0 Å². The topological polar surface area (TPSA) is 18.5 Å². The Morgan fingerprint density at radius 2 is 1.17 bits per heavy atom. The van der Waals surface area contributed by atoms with Gasteiger partial charge in [-0.2, -0.15) is 13.2 Å². The third-order valence-corrected chi connectivity index (χ3v) is 5.86. The lowest BCUT2D eigenvalue weighted by molar-refractivity contribution is -0.135. The molecule has 1 heterocycles. The van der Waals surface area contributed by atoms with Gasteiger partial charge >= 0.3 is 6.18 Å². The number of alkyl halides is 3. The van der Waals surface area contributed by atoms with Gasteiger partial charge in [0.25, 0.3) is 0 Å². The van der Waals surface area contributed by atoms with Gasteiger partial charge in [-0.1, -0.05) is 77.0 Å². The van der Waals surface area contributed by atoms with Crippen molar-refractivity contribution in [2.75, 3.05) is 19.8 Å². The maximum atomic E-state index is 12.0. The summed E-state index contributed by atoms with van der Waals surface area (Å²) in [5.74, 6) is 0. The molecule has 0 aliphatic carbocycles. The van der Waals surface area contributed by atoms with E-state index in [0.717, 1.165) is 45.5 Å². The Balaban J connectivity index is 1.66. The first-order valence-electron chi connectivity index (χ1n) is 12.3. The van der Waals surface area contributed by atoms with Gasteiger partial charge in [-0.3, -0.25) is 0 Å². The van der Waals surface area contributed by atoms with E-state index in [1.807, 2.05) is 0 Å². The lowest BCUT2D eigenvalue weighted by Gasteiger charge is -2.22. The molecule has 0 amide bonds. The number of hydrogen-bond acceptors (Lipinski definition) is 2. The second kappa shape index (κ2) is 18.5. The SMILES string of the molecule is FC(F)(F)CCCCCCCCCCCCCCCCOCCC1CCCCO1. The van der Waals surface area contributed by atoms with Crippen molar-refractivity contribution in [3.05, 3.63) is 0 Å². The molecule has 0 radical (unpaired) electrons. The zero-order chi connectivity index (χ0) is 21.0. The molecule has 1 unspecified atom stereocenters. The van der Waals surface area contributed by atoms with E-state index in [1.54, 1.807) is 0 Å². The first-order valence-corrected chi connectivity index (χ1v) is 12.3. The largest absolute Gasteiger partial charge is 0.389 e. The van der Waals surface area contributed by atoms with Crippen LogP contribution < -0.4 is 0 Å². The van der Waals surface area contributed by atoms with Crippen molar-refractivity contribution in [3.63, 3.8) is 0 Å². The third kappa shape index (κ3) is 19.4. The molecule has 1 fully saturated rings. The summed E-state index contributed by atoms with van der Waals surface area (Å²) in [6.45, 7) is 2.67. The van der Waals surface area contributed by atoms with Gasteiger partial charge in [0, 0.05) is 26.2 Å². The number of hydrogen-bond donors (Lipinski definition) is 0. The fourth-order valence-corrected chi connectivity index (χ4v) is 4.00. The van der Waals surface area contributed by atoms with E-state index in [9.17, 15) is 13.2 Å². The fraction of sp³-hybridized carbons (Fsp3) is 1.00. The molecule has 1 aliphatic heterocycles. The van der Waals surface area contributed by atoms with Crippen LogP contribution >= 0.6 is 0 Å². The van der Waals surface area contributed by atoms with Gasteiger partial charge in [0.1, 0.15) is 0 Å². The third-order valence-electron chi connectivity index (χ3n) is 5.86. The van der Waals surface area contributed by atoms with Crippen LogP contribution in [-0.2, 0) is 9.47 Å². The van der Waals surface area contributed by atoms with Gasteiger partial charge in [0.2, 0.25) is 0 Å². The smallest absolute Gasteiger partial charge is 0.381 e. The van der Waals surface area contributed by atoms with Crippen molar-refractivity contribution in [1.29, 1.82) is 0 Å². The first-order chi connectivity index (χ1) is 14.1. The predicted octanol–water partition coefficient (Wildman–Crippen LogP) is 8.38. The normalized spacial score (nSPS) is 17.7. The summed E-state index contributed by atoms with van der Waals surface area (Å²) in [7, 11) is 0. The van der Waals surface area contributed by atoms with Crippen LogP contribution in [0.15, 0.2) is 0 Å². The van der Waals surface area contributed by atoms with Crippen molar-refractivity contribution in [2.45, 2.75) is 134 Å². The molecule has 0 saturated carbocycles. The molecule has 0 N–H and O–H groups in total. The Morgan fingerprint density at radius 1 is 0.655 bits per heavy atom. The predicted molar refractivity (Wildman–Crippen MR) is 114 cm³/mol. The highest BCUT2D eigenvalue weighted by Gasteiger charge is 2.25. The summed E-state index contributed by atoms with van der Waals surface area (Å²) in [6, 6.07) is 0. The summed E-state index contributed by atoms with van der Waals surface area (Å²) in [6.07, 6.45) is 16.4. The molecule has 0 aromatic carbocycles. The zero-order valence-corrected chi connectivity index (χ0v) is 18.6. The maximum absolute atomic E-state index is 12.0. The monoisotopic (exact) mass is 422 g/mol. The van der Waals surface area contributed by atoms with Crippen LogP contribution in [0.2, 0.25) is 0 Å². The Bertz CT molecular complexity index is 342. The molecule has 0 bridgehead atoms. The van der Waals surface area contributed by atoms with Crippen molar-refractivity contribution >= 4 is 0 Å². The Morgan fingerprint density at radius 3 is 1.66 bits per heavy atom. The number of rotatable bonds is 19. The lowest BCUT2D eigenvalue weighted by Crippen LogP contribution is -2.20. The molecule has 1 aliphatic rings. The molecule has 0 aromatic rings. The minimum Gasteiger partial charge on any atom is -0.381 e. The van der Waals surface area contributed by atoms with E-state index in [-0.39, 0.29) is 0 Å². The lowest BCUT2D eigenvalue weighted by atomic mass is 10.0. The minimum absolute atomic E-state index is 0.297. The summed E-state index contributed by atoms with van der Waals surface area (Å²) in [4.78, 5) is 0. The Labute approximate surface area is 177 Å². The molecule has 1 atom stereocenters. The summed E-state index contributed by atoms with van der Waals surface area (Å²) < 4.78 is 47.5. The molecule has 29 heavy (non-hydrogen) atoms. The molecule has 2 nitrogen and oxygen atoms in total. The van der Waals surface area contributed by atoms with Crippen LogP contribution in [0.3, 0.4) is 0 Å². The zero-order valence-electron chi connectivity index (χ0n) is 18.6. The van der Waals surface area contributed by atoms with E-state index in [1.165, 1.54) is 83.5 Å². The highest BCUT2D eigenvalue weighted by atomic mass is 19.4. The van der Waals surface area contributed by atoms with E-state index in [0.29, 0.717) is 12.5 Å². The molecule has 1 saturated heterocycles. The Kier molecular flexibility index (Phi) is 17.0. The molecular weight excluding hydrogens is 377 g/mol. The van der Waals surface area contributed by atoms with Crippen molar-refractivity contribution in [2.24, 2.45) is 0 Å². The van der Waals surface area contributed by atoms with Crippen molar-refractivity contribution in [1.82, 2.24) is 0 Å². The number of ether oxygens (including phenoxy) is 2. The van der Waals surface area contributed by atoms with Gasteiger partial charge in [0.15, 0.2) is 0 Å². The molecular formula is C24H45F3O2. The summed E-state index contributed by atoms with van der Waals surface area (Å²) in [5, 5.41) is 0. The molecule has 174 valence electrons. The second-order valence-electron chi connectivity index (χ2n) is 8.70. The van der Waals surface area contributed by atoms with Gasteiger partial charge in [-0.15, -0.1) is 0 Å². The molecule has 1 rings (SSSR count). The summed E-state index contributed by atoms with van der Waals surface area (Å²) in [5.41, 5.74) is 0. The van der Waals surface area contributed by atoms with E-state index < -0.39 is 12.6 Å². The quantitative estimate of drug-likeness (QED) is 0.195. The average Bonchev–Trinajstić information content (AvgIpc) is 2.69. The van der Waals surface area contributed by atoms with Gasteiger partial charge < -0.3 is 9.47 Å². The Hall–Kier alpha value is -0.290. The van der Waals surface area contributed by atoms with Crippen LogP contribution in [0.25, 0.3) is 0 Å². The standard InChI is InChI=1S/C24H45F3O2/c25-24(26,27)19-14-11-9-7-5-3-1-2-4-6-8-10-12-15-20-28-22-18-23-17-13-16-21-29-23/h23H,1-22H2. The van der Waals surface area contributed by atoms with E-state index in [4.69, 9.17) is 9.47 Å². The van der Waals surface area contributed by atoms with Crippen molar-refractivity contribution < 1.29 is 22.6 Å². The highest BCUT2D eigenvalue weighted by Crippen LogP contribution is 2.23. The molecule has 0 aromatic heterocycles. The van der Waals surface area contributed by atoms with Gasteiger partial charge in [0.05, 0.1) is 6.10 Å².